The number of imidazole rings is 2. The van der Waals surface area contributed by atoms with Crippen LogP contribution in [-0.4, -0.2) is 157 Å². The predicted molar refractivity (Wildman–Crippen MR) is 359 cm³/mol. The molecule has 0 fully saturated rings. The Bertz CT molecular complexity index is 3930. The third-order valence-corrected chi connectivity index (χ3v) is 12.8. The molecule has 0 spiro atoms. The molecule has 0 saturated carbocycles. The molecule has 3 N–H and O–H groups in total. The monoisotopic (exact) mass is 2260 g/mol. The van der Waals surface area contributed by atoms with Crippen molar-refractivity contribution in [2.75, 3.05) is 67.5 Å². The standard InChI is InChI=1S/C16H13N2.C11H13N2O.2C10H9F2N2.C10H9N2.C6H5NO2.2C5H8O2.5Ir/c1-3-7-14(8-4-1)11-18-12-16(17-13-18)15-9-5-2-6-10-15;1-13-8-7-12-11(13)9-3-5-10(14-2)6-4-9;2*1-14-5-4-13-10(14)8-3-2-7(11)6-9(8)12;1-12-7-10(11-8-12)9-5-3-2-4-6-9;8-6(9)5-3-1-2-4-7-5;2*1-4(6)3-5(2)7;;;;;/h1-9,12-13H,11H2;3,5-6H,7-8H2,1-2H3;2*2,6H,4-5H2,1H3;2-5,7-8H,1H3;1-4H,(H,8,9);2*3,6H,1-2H3;;;;;/q5*-1;;;;;;;;. The summed E-state index contributed by atoms with van der Waals surface area (Å²) in [5.41, 5.74) is 6.88. The van der Waals surface area contributed by atoms with E-state index in [0.29, 0.717) is 24.8 Å². The van der Waals surface area contributed by atoms with E-state index in [1.807, 2.05) is 128 Å². The van der Waals surface area contributed by atoms with E-state index < -0.39 is 29.2 Å². The number of amidine groups is 3. The topological polar surface area (TPSA) is 216 Å². The maximum atomic E-state index is 13.3. The molecule has 0 amide bonds. The molecule has 0 bridgehead atoms. The third kappa shape index (κ3) is 33.4. The number of aromatic carboxylic acids is 1. The molecule has 3 aromatic heterocycles. The second-order valence-electron chi connectivity index (χ2n) is 20.8. The molecule has 12 rings (SSSR count). The summed E-state index contributed by atoms with van der Waals surface area (Å²) in [6.07, 6.45) is 11.5. The molecule has 100 heavy (non-hydrogen) atoms. The molecule has 0 unspecified atom stereocenters. The zero-order chi connectivity index (χ0) is 69.2. The number of benzene rings is 6. The summed E-state index contributed by atoms with van der Waals surface area (Å²) in [5, 5.41) is 25.0. The number of methoxy groups -OCH3 is 1. The van der Waals surface area contributed by atoms with E-state index in [4.69, 9.17) is 20.1 Å². The summed E-state index contributed by atoms with van der Waals surface area (Å²) in [6, 6.07) is 55.1. The second-order valence-corrected chi connectivity index (χ2v) is 20.8. The smallest absolute Gasteiger partial charge is 0.354 e. The largest absolute Gasteiger partial charge is 0.540 e. The number of aliphatic hydroxyl groups excluding tert-OH is 2. The van der Waals surface area contributed by atoms with E-state index in [9.17, 15) is 31.9 Å². The fraction of sp³-hybridized carbons (Fsp3) is 0.219. The molecule has 6 aromatic carbocycles. The van der Waals surface area contributed by atoms with Crippen molar-refractivity contribution in [1.82, 2.24) is 38.8 Å². The van der Waals surface area contributed by atoms with E-state index in [0.717, 1.165) is 96.7 Å². The Labute approximate surface area is 649 Å². The van der Waals surface area contributed by atoms with Gasteiger partial charge in [-0.15, -0.1) is 126 Å². The fourth-order valence-corrected chi connectivity index (χ4v) is 8.45. The van der Waals surface area contributed by atoms with Crippen molar-refractivity contribution in [2.45, 2.75) is 34.2 Å². The summed E-state index contributed by atoms with van der Waals surface area (Å²) in [6.45, 7) is 11.2. The van der Waals surface area contributed by atoms with Crippen LogP contribution in [0.1, 0.15) is 60.4 Å². The number of aliphatic imine (C=N–C) groups is 3. The first kappa shape index (κ1) is 92.0. The number of carbonyl (C=O) groups is 3. The zero-order valence-electron chi connectivity index (χ0n) is 55.8. The van der Waals surface area contributed by atoms with Crippen LogP contribution in [0.15, 0.2) is 209 Å². The number of rotatable bonds is 11. The van der Waals surface area contributed by atoms with Gasteiger partial charge in [0.1, 0.15) is 5.69 Å². The van der Waals surface area contributed by atoms with E-state index in [1.54, 1.807) is 25.6 Å². The first-order chi connectivity index (χ1) is 45.5. The summed E-state index contributed by atoms with van der Waals surface area (Å²) in [5.74, 6) is -0.641. The zero-order valence-corrected chi connectivity index (χ0v) is 67.8. The molecular formula is C73H74F4Ir5N11O7-5. The number of carboxylic acid groups (broad SMARTS) is 1. The van der Waals surface area contributed by atoms with E-state index in [1.165, 1.54) is 57.7 Å². The molecule has 27 heteroatoms. The third-order valence-electron chi connectivity index (χ3n) is 12.8. The second kappa shape index (κ2) is 49.5. The number of aliphatic hydroxyl groups is 2. The van der Waals surface area contributed by atoms with Crippen molar-refractivity contribution < 1.29 is 153 Å². The average Bonchev–Trinajstić information content (AvgIpc) is 1.59. The number of pyridine rings is 1. The maximum Gasteiger partial charge on any atom is 0.354 e. The molecular weight excluding hydrogens is 2180 g/mol. The van der Waals surface area contributed by atoms with Gasteiger partial charge in [0.05, 0.1) is 31.3 Å². The van der Waals surface area contributed by atoms with Crippen LogP contribution in [-0.2, 0) is 124 Å². The number of halogens is 4. The van der Waals surface area contributed by atoms with Gasteiger partial charge in [-0.25, -0.2) is 9.78 Å². The minimum Gasteiger partial charge on any atom is -0.540 e. The molecule has 3 aliphatic rings. The Balaban J connectivity index is 0.00000113. The fourth-order valence-electron chi connectivity index (χ4n) is 8.45. The van der Waals surface area contributed by atoms with Crippen LogP contribution in [0.2, 0.25) is 0 Å². The number of aryl methyl sites for hydroxylation is 1. The van der Waals surface area contributed by atoms with Crippen LogP contribution in [0.5, 0.6) is 5.75 Å². The Hall–Kier alpha value is -8.04. The van der Waals surface area contributed by atoms with Crippen molar-refractivity contribution in [3.05, 3.63) is 276 Å². The average molecular weight is 2250 g/mol. The molecule has 6 heterocycles. The Morgan fingerprint density at radius 3 is 1.32 bits per heavy atom. The van der Waals surface area contributed by atoms with E-state index >= 15 is 0 Å². The molecule has 0 aliphatic carbocycles. The van der Waals surface area contributed by atoms with Crippen LogP contribution < -0.4 is 4.74 Å². The Morgan fingerprint density at radius 1 is 0.520 bits per heavy atom. The number of allylic oxidation sites excluding steroid dienone is 4. The number of carbonyl (C=O) groups excluding carboxylic acids is 2. The Morgan fingerprint density at radius 2 is 0.980 bits per heavy atom. The van der Waals surface area contributed by atoms with Crippen LogP contribution in [0, 0.1) is 53.6 Å². The minimum absolute atomic E-state index is 0. The first-order valence-corrected chi connectivity index (χ1v) is 29.5. The van der Waals surface area contributed by atoms with Crippen LogP contribution in [0.25, 0.3) is 22.5 Å². The van der Waals surface area contributed by atoms with Gasteiger partial charge in [0.15, 0.2) is 11.6 Å². The summed E-state index contributed by atoms with van der Waals surface area (Å²) in [4.78, 5) is 60.8. The van der Waals surface area contributed by atoms with Crippen molar-refractivity contribution in [2.24, 2.45) is 22.0 Å². The number of ketones is 2. The molecule has 541 valence electrons. The van der Waals surface area contributed by atoms with Crippen LogP contribution >= 0.6 is 0 Å². The van der Waals surface area contributed by atoms with E-state index in [-0.39, 0.29) is 140 Å². The van der Waals surface area contributed by atoms with Gasteiger partial charge in [0, 0.05) is 230 Å². The van der Waals surface area contributed by atoms with Gasteiger partial charge in [0.25, 0.3) is 0 Å². The summed E-state index contributed by atoms with van der Waals surface area (Å²) >= 11 is 0. The molecule has 18 nitrogen and oxygen atoms in total. The Kier molecular flexibility index (Phi) is 45.5. The molecule has 9 aromatic rings. The first-order valence-electron chi connectivity index (χ1n) is 29.5. The molecule has 3 aliphatic heterocycles. The van der Waals surface area contributed by atoms with E-state index in [2.05, 4.69) is 100 Å². The molecule has 0 atom stereocenters. The number of hydrogen-bond acceptors (Lipinski definition) is 15. The van der Waals surface area contributed by atoms with Crippen molar-refractivity contribution >= 4 is 35.0 Å². The number of hydrogen-bond donors (Lipinski definition) is 3. The number of aromatic nitrogens is 5. The molecule has 5 radical (unpaired) electrons. The molecule has 0 saturated heterocycles. The number of likely N-dealkylation sites (N-methyl/N-ethyl adjacent to an activating group) is 3. The van der Waals surface area contributed by atoms with Gasteiger partial charge >= 0.3 is 5.97 Å². The van der Waals surface area contributed by atoms with Crippen LogP contribution in [0.4, 0.5) is 17.6 Å². The predicted octanol–water partition coefficient (Wildman–Crippen LogP) is 12.2. The summed E-state index contributed by atoms with van der Waals surface area (Å²) < 4.78 is 60.9. The van der Waals surface area contributed by atoms with Gasteiger partial charge in [-0.05, 0) is 78.9 Å². The normalized spacial score (nSPS) is 12.1. The van der Waals surface area contributed by atoms with Gasteiger partial charge in [-0.2, -0.15) is 0 Å². The van der Waals surface area contributed by atoms with Crippen molar-refractivity contribution in [1.29, 1.82) is 0 Å². The SMILES string of the molecule is CC(=O)C=C(C)O.CC(=O)C=C(C)O.CN1CCN=C1c1[c-]cc(F)cc1F.CN1CCN=C1c1[c-]cc(F)cc1F.COc1c[c-]c(C2=NCCN2C)cc1.Cn1cnc(-c2[c-]cccc2)c1.O=C(O)c1ccccn1.[Ir].[Ir].[Ir].[Ir].[Ir].[c-]1ccccc1-c1cn(Cc2ccccc2)cn1. The number of ether oxygens (including phenoxy) is 1. The van der Waals surface area contributed by atoms with Gasteiger partial charge in [0.2, 0.25) is 0 Å². The van der Waals surface area contributed by atoms with Gasteiger partial charge in [-0.1, -0.05) is 59.7 Å². The van der Waals surface area contributed by atoms with Gasteiger partial charge in [-0.3, -0.25) is 37.1 Å². The summed E-state index contributed by atoms with van der Waals surface area (Å²) in [7, 11) is 9.30. The van der Waals surface area contributed by atoms with Crippen LogP contribution in [0.3, 0.4) is 0 Å². The minimum atomic E-state index is -0.990. The number of carboxylic acids is 1. The van der Waals surface area contributed by atoms with Crippen molar-refractivity contribution in [3.63, 3.8) is 0 Å². The quantitative estimate of drug-likeness (QED) is 0.0476. The van der Waals surface area contributed by atoms with Crippen molar-refractivity contribution in [3.8, 4) is 28.3 Å². The maximum absolute atomic E-state index is 13.3. The van der Waals surface area contributed by atoms with Gasteiger partial charge < -0.3 is 58.9 Å². The number of nitrogens with zero attached hydrogens (tertiary/aromatic N) is 11.